The van der Waals surface area contributed by atoms with E-state index in [1.807, 2.05) is 12.1 Å². The van der Waals surface area contributed by atoms with Crippen LogP contribution >= 0.6 is 15.9 Å². The topological polar surface area (TPSA) is 84.9 Å². The predicted octanol–water partition coefficient (Wildman–Crippen LogP) is 1.43. The van der Waals surface area contributed by atoms with Crippen LogP contribution in [0.3, 0.4) is 0 Å². The minimum absolute atomic E-state index is 0.0695. The Labute approximate surface area is 125 Å². The average molecular weight is 346 g/mol. The Hall–Kier alpha value is -1.60. The molecule has 20 heavy (non-hydrogen) atoms. The van der Waals surface area contributed by atoms with Crippen LogP contribution in [-0.4, -0.2) is 43.3 Å². The molecule has 1 atom stereocenters. The molecule has 0 fully saturated rings. The molecule has 1 aromatic carbocycles. The predicted molar refractivity (Wildman–Crippen MR) is 75.7 cm³/mol. The molecule has 0 aromatic heterocycles. The van der Waals surface area contributed by atoms with Crippen LogP contribution in [0.5, 0.6) is 5.75 Å². The number of hydrogen-bond acceptors (Lipinski definition) is 4. The van der Waals surface area contributed by atoms with Crippen molar-refractivity contribution in [2.75, 3.05) is 20.3 Å². The molecule has 0 saturated heterocycles. The Morgan fingerprint density at radius 1 is 1.45 bits per heavy atom. The molecule has 7 heteroatoms. The number of carbonyl (C=O) groups is 2. The summed E-state index contributed by atoms with van der Waals surface area (Å²) in [7, 11) is 1.37. The van der Waals surface area contributed by atoms with E-state index in [9.17, 15) is 9.59 Å². The number of amides is 1. The van der Waals surface area contributed by atoms with Crippen molar-refractivity contribution in [1.29, 1.82) is 0 Å². The molecule has 1 amide bonds. The van der Waals surface area contributed by atoms with Gasteiger partial charge in [0.05, 0.1) is 19.6 Å². The SMILES string of the molecule is COCC(NC(=O)CCOc1cccc(Br)c1)C(=O)O. The Kier molecular flexibility index (Phi) is 7.03. The maximum Gasteiger partial charge on any atom is 0.328 e. The molecule has 0 spiro atoms. The zero-order valence-corrected chi connectivity index (χ0v) is 12.6. The number of nitrogens with one attached hydrogen (secondary N) is 1. The first-order valence-corrected chi connectivity index (χ1v) is 6.71. The van der Waals surface area contributed by atoms with E-state index < -0.39 is 17.9 Å². The monoisotopic (exact) mass is 345 g/mol. The summed E-state index contributed by atoms with van der Waals surface area (Å²) in [6, 6.07) is 6.19. The molecule has 2 N–H and O–H groups in total. The lowest BCUT2D eigenvalue weighted by molar-refractivity contribution is -0.143. The molecule has 1 rings (SSSR count). The first kappa shape index (κ1) is 16.5. The molecule has 0 aliphatic heterocycles. The van der Waals surface area contributed by atoms with Crippen molar-refractivity contribution < 1.29 is 24.2 Å². The third-order valence-electron chi connectivity index (χ3n) is 2.36. The fourth-order valence-electron chi connectivity index (χ4n) is 1.43. The van der Waals surface area contributed by atoms with Gasteiger partial charge < -0.3 is 19.9 Å². The summed E-state index contributed by atoms with van der Waals surface area (Å²) < 4.78 is 11.0. The van der Waals surface area contributed by atoms with E-state index in [0.29, 0.717) is 5.75 Å². The van der Waals surface area contributed by atoms with Crippen LogP contribution in [0.2, 0.25) is 0 Å². The quantitative estimate of drug-likeness (QED) is 0.744. The second-order valence-electron chi connectivity index (χ2n) is 3.97. The summed E-state index contributed by atoms with van der Waals surface area (Å²) in [6.07, 6.45) is 0.0695. The Bertz CT molecular complexity index is 466. The van der Waals surface area contributed by atoms with Gasteiger partial charge in [-0.25, -0.2) is 4.79 Å². The summed E-state index contributed by atoms with van der Waals surface area (Å²) in [5, 5.41) is 11.2. The van der Waals surface area contributed by atoms with Gasteiger partial charge in [0, 0.05) is 11.6 Å². The number of benzene rings is 1. The van der Waals surface area contributed by atoms with Gasteiger partial charge in [-0.15, -0.1) is 0 Å². The number of methoxy groups -OCH3 is 1. The molecular formula is C13H16BrNO5. The Morgan fingerprint density at radius 3 is 2.80 bits per heavy atom. The van der Waals surface area contributed by atoms with Gasteiger partial charge in [0.15, 0.2) is 6.04 Å². The van der Waals surface area contributed by atoms with Crippen LogP contribution in [-0.2, 0) is 14.3 Å². The number of carboxylic acids is 1. The van der Waals surface area contributed by atoms with Crippen molar-refractivity contribution in [2.45, 2.75) is 12.5 Å². The number of aliphatic carboxylic acids is 1. The molecule has 110 valence electrons. The molecular weight excluding hydrogens is 330 g/mol. The van der Waals surface area contributed by atoms with E-state index in [1.165, 1.54) is 7.11 Å². The van der Waals surface area contributed by atoms with E-state index in [4.69, 9.17) is 14.6 Å². The standard InChI is InChI=1S/C13H16BrNO5/c1-19-8-11(13(17)18)15-12(16)5-6-20-10-4-2-3-9(14)7-10/h2-4,7,11H,5-6,8H2,1H3,(H,15,16)(H,17,18). The fourth-order valence-corrected chi connectivity index (χ4v) is 1.80. The van der Waals surface area contributed by atoms with Crippen LogP contribution in [0.15, 0.2) is 28.7 Å². The molecule has 0 aliphatic carbocycles. The molecule has 0 radical (unpaired) electrons. The van der Waals surface area contributed by atoms with Crippen LogP contribution in [0.25, 0.3) is 0 Å². The van der Waals surface area contributed by atoms with Crippen LogP contribution in [0.1, 0.15) is 6.42 Å². The summed E-state index contributed by atoms with van der Waals surface area (Å²) in [6.45, 7) is 0.0924. The van der Waals surface area contributed by atoms with E-state index in [1.54, 1.807) is 12.1 Å². The van der Waals surface area contributed by atoms with E-state index in [0.717, 1.165) is 4.47 Å². The molecule has 1 unspecified atom stereocenters. The van der Waals surface area contributed by atoms with Gasteiger partial charge in [-0.05, 0) is 18.2 Å². The lowest BCUT2D eigenvalue weighted by Crippen LogP contribution is -2.44. The van der Waals surface area contributed by atoms with E-state index in [2.05, 4.69) is 21.2 Å². The molecule has 6 nitrogen and oxygen atoms in total. The highest BCUT2D eigenvalue weighted by atomic mass is 79.9. The maximum atomic E-state index is 11.6. The molecule has 0 saturated carbocycles. The van der Waals surface area contributed by atoms with Gasteiger partial charge in [-0.2, -0.15) is 0 Å². The van der Waals surface area contributed by atoms with Crippen molar-refractivity contribution in [2.24, 2.45) is 0 Å². The summed E-state index contributed by atoms with van der Waals surface area (Å²) >= 11 is 3.31. The second kappa shape index (κ2) is 8.55. The van der Waals surface area contributed by atoms with Gasteiger partial charge in [0.25, 0.3) is 0 Å². The summed E-state index contributed by atoms with van der Waals surface area (Å²) in [4.78, 5) is 22.4. The van der Waals surface area contributed by atoms with Crippen LogP contribution in [0.4, 0.5) is 0 Å². The molecule has 0 aliphatic rings. The molecule has 0 bridgehead atoms. The van der Waals surface area contributed by atoms with Gasteiger partial charge in [-0.1, -0.05) is 22.0 Å². The van der Waals surface area contributed by atoms with E-state index in [-0.39, 0.29) is 19.6 Å². The third kappa shape index (κ3) is 6.03. The zero-order chi connectivity index (χ0) is 15.0. The maximum absolute atomic E-state index is 11.6. The first-order valence-electron chi connectivity index (χ1n) is 5.92. The largest absolute Gasteiger partial charge is 0.493 e. The van der Waals surface area contributed by atoms with Crippen molar-refractivity contribution in [3.8, 4) is 5.75 Å². The fraction of sp³-hybridized carbons (Fsp3) is 0.385. The minimum atomic E-state index is -1.13. The third-order valence-corrected chi connectivity index (χ3v) is 2.85. The van der Waals surface area contributed by atoms with Crippen molar-refractivity contribution >= 4 is 27.8 Å². The van der Waals surface area contributed by atoms with Crippen molar-refractivity contribution in [1.82, 2.24) is 5.32 Å². The minimum Gasteiger partial charge on any atom is -0.493 e. The van der Waals surface area contributed by atoms with Crippen LogP contribution < -0.4 is 10.1 Å². The van der Waals surface area contributed by atoms with Gasteiger partial charge >= 0.3 is 5.97 Å². The number of ether oxygens (including phenoxy) is 2. The second-order valence-corrected chi connectivity index (χ2v) is 4.89. The van der Waals surface area contributed by atoms with Gasteiger partial charge in [0.2, 0.25) is 5.91 Å². The molecule has 1 aromatic rings. The Balaban J connectivity index is 2.34. The Morgan fingerprint density at radius 2 is 2.20 bits per heavy atom. The van der Waals surface area contributed by atoms with Crippen molar-refractivity contribution in [3.05, 3.63) is 28.7 Å². The molecule has 0 heterocycles. The number of hydrogen-bond donors (Lipinski definition) is 2. The van der Waals surface area contributed by atoms with E-state index >= 15 is 0 Å². The van der Waals surface area contributed by atoms with Crippen molar-refractivity contribution in [3.63, 3.8) is 0 Å². The number of carboxylic acid groups (broad SMARTS) is 1. The normalized spacial score (nSPS) is 11.7. The smallest absolute Gasteiger partial charge is 0.328 e. The zero-order valence-electron chi connectivity index (χ0n) is 11.0. The number of halogens is 1. The lowest BCUT2D eigenvalue weighted by atomic mass is 10.3. The van der Waals surface area contributed by atoms with Crippen LogP contribution in [0, 0.1) is 0 Å². The number of carbonyl (C=O) groups excluding carboxylic acids is 1. The summed E-state index contributed by atoms with van der Waals surface area (Å²) in [5.74, 6) is -0.892. The summed E-state index contributed by atoms with van der Waals surface area (Å²) in [5.41, 5.74) is 0. The number of rotatable bonds is 8. The highest BCUT2D eigenvalue weighted by Gasteiger charge is 2.19. The van der Waals surface area contributed by atoms with Gasteiger partial charge in [0.1, 0.15) is 5.75 Å². The lowest BCUT2D eigenvalue weighted by Gasteiger charge is -2.13. The average Bonchev–Trinajstić information content (AvgIpc) is 2.38. The highest BCUT2D eigenvalue weighted by molar-refractivity contribution is 9.10. The highest BCUT2D eigenvalue weighted by Crippen LogP contribution is 2.17. The first-order chi connectivity index (χ1) is 9.52. The van der Waals surface area contributed by atoms with Gasteiger partial charge in [-0.3, -0.25) is 4.79 Å².